The van der Waals surface area contributed by atoms with Crippen molar-refractivity contribution in [3.8, 4) is 0 Å². The zero-order valence-electron chi connectivity index (χ0n) is 12.3. The molecule has 0 heterocycles. The van der Waals surface area contributed by atoms with Crippen LogP contribution >= 0.6 is 0 Å². The summed E-state index contributed by atoms with van der Waals surface area (Å²) >= 11 is 0. The van der Waals surface area contributed by atoms with Gasteiger partial charge in [0.05, 0.1) is 4.90 Å². The Balaban J connectivity index is 1.88. The number of rotatable bonds is 8. The Morgan fingerprint density at radius 3 is 2.45 bits per heavy atom. The molecule has 0 atom stereocenters. The first-order valence-electron chi connectivity index (χ1n) is 7.32. The monoisotopic (exact) mass is 296 g/mol. The molecule has 112 valence electrons. The van der Waals surface area contributed by atoms with Gasteiger partial charge in [0.15, 0.2) is 0 Å². The average molecular weight is 296 g/mol. The number of sulfonamides is 1. The molecule has 1 aromatic carbocycles. The van der Waals surface area contributed by atoms with Gasteiger partial charge in [-0.05, 0) is 49.9 Å². The predicted octanol–water partition coefficient (Wildman–Crippen LogP) is 2.01. The van der Waals surface area contributed by atoms with Gasteiger partial charge in [0, 0.05) is 19.6 Å². The Hall–Kier alpha value is -0.910. The summed E-state index contributed by atoms with van der Waals surface area (Å²) in [5, 5.41) is 3.48. The van der Waals surface area contributed by atoms with Gasteiger partial charge in [0.25, 0.3) is 0 Å². The van der Waals surface area contributed by atoms with Crippen molar-refractivity contribution in [1.29, 1.82) is 0 Å². The number of aryl methyl sites for hydroxylation is 1. The average Bonchev–Trinajstić information content (AvgIpc) is 3.27. The van der Waals surface area contributed by atoms with Crippen molar-refractivity contribution in [1.82, 2.24) is 9.62 Å². The number of nitrogens with zero attached hydrogens (tertiary/aromatic N) is 1. The quantitative estimate of drug-likeness (QED) is 0.747. The minimum Gasteiger partial charge on any atom is -0.314 e. The highest BCUT2D eigenvalue weighted by atomic mass is 32.2. The number of hydrogen-bond donors (Lipinski definition) is 1. The van der Waals surface area contributed by atoms with Crippen molar-refractivity contribution >= 4 is 10.0 Å². The Morgan fingerprint density at radius 1 is 1.25 bits per heavy atom. The molecule has 0 bridgehead atoms. The smallest absolute Gasteiger partial charge is 0.242 e. The van der Waals surface area contributed by atoms with Crippen LogP contribution < -0.4 is 5.32 Å². The lowest BCUT2D eigenvalue weighted by Gasteiger charge is -2.15. The van der Waals surface area contributed by atoms with Crippen LogP contribution in [0.2, 0.25) is 0 Å². The van der Waals surface area contributed by atoms with Gasteiger partial charge in [-0.25, -0.2) is 12.7 Å². The van der Waals surface area contributed by atoms with E-state index in [0.717, 1.165) is 25.4 Å². The van der Waals surface area contributed by atoms with Gasteiger partial charge in [0.2, 0.25) is 10.0 Å². The van der Waals surface area contributed by atoms with Crippen LogP contribution in [0.3, 0.4) is 0 Å². The van der Waals surface area contributed by atoms with Crippen LogP contribution in [-0.4, -0.2) is 38.9 Å². The summed E-state index contributed by atoms with van der Waals surface area (Å²) in [5.74, 6) is 0. The molecule has 2 rings (SSSR count). The van der Waals surface area contributed by atoms with E-state index in [1.807, 2.05) is 19.1 Å². The summed E-state index contributed by atoms with van der Waals surface area (Å²) in [5.41, 5.74) is 1.20. The summed E-state index contributed by atoms with van der Waals surface area (Å²) in [6.45, 7) is 3.36. The number of nitrogens with one attached hydrogen (secondary N) is 1. The second-order valence-electron chi connectivity index (χ2n) is 5.40. The van der Waals surface area contributed by atoms with Gasteiger partial charge in [-0.1, -0.05) is 19.1 Å². The molecule has 1 N–H and O–H groups in total. The highest BCUT2D eigenvalue weighted by Crippen LogP contribution is 2.19. The third-order valence-electron chi connectivity index (χ3n) is 3.73. The van der Waals surface area contributed by atoms with Crippen molar-refractivity contribution in [2.45, 2.75) is 43.5 Å². The van der Waals surface area contributed by atoms with E-state index in [0.29, 0.717) is 11.4 Å². The van der Waals surface area contributed by atoms with E-state index < -0.39 is 10.0 Å². The standard InChI is InChI=1S/C15H24N2O2S/c1-3-17(2)20(18,19)15-10-6-13(7-11-15)5-4-12-16-14-8-9-14/h6-7,10-11,14,16H,3-5,8-9,12H2,1-2H3. The van der Waals surface area contributed by atoms with Crippen LogP contribution in [0.25, 0.3) is 0 Å². The first-order chi connectivity index (χ1) is 9.54. The molecule has 0 saturated heterocycles. The SMILES string of the molecule is CCN(C)S(=O)(=O)c1ccc(CCCNC2CC2)cc1. The topological polar surface area (TPSA) is 49.4 Å². The fourth-order valence-electron chi connectivity index (χ4n) is 2.06. The summed E-state index contributed by atoms with van der Waals surface area (Å²) in [7, 11) is -1.71. The van der Waals surface area contributed by atoms with Gasteiger partial charge in [-0.2, -0.15) is 0 Å². The second-order valence-corrected chi connectivity index (χ2v) is 7.44. The molecule has 0 aliphatic heterocycles. The molecule has 1 fully saturated rings. The van der Waals surface area contributed by atoms with Crippen molar-refractivity contribution in [3.63, 3.8) is 0 Å². The molecule has 1 saturated carbocycles. The molecular formula is C15H24N2O2S. The highest BCUT2D eigenvalue weighted by molar-refractivity contribution is 7.89. The fraction of sp³-hybridized carbons (Fsp3) is 0.600. The molecule has 20 heavy (non-hydrogen) atoms. The van der Waals surface area contributed by atoms with Crippen molar-refractivity contribution < 1.29 is 8.42 Å². The summed E-state index contributed by atoms with van der Waals surface area (Å²) in [6, 6.07) is 8.03. The molecular weight excluding hydrogens is 272 g/mol. The zero-order valence-corrected chi connectivity index (χ0v) is 13.1. The largest absolute Gasteiger partial charge is 0.314 e. The molecule has 1 aliphatic rings. The molecule has 4 nitrogen and oxygen atoms in total. The first-order valence-corrected chi connectivity index (χ1v) is 8.76. The van der Waals surface area contributed by atoms with Crippen LogP contribution in [-0.2, 0) is 16.4 Å². The molecule has 1 aliphatic carbocycles. The van der Waals surface area contributed by atoms with Gasteiger partial charge in [-0.3, -0.25) is 0 Å². The van der Waals surface area contributed by atoms with E-state index in [4.69, 9.17) is 0 Å². The molecule has 0 amide bonds. The summed E-state index contributed by atoms with van der Waals surface area (Å²) in [6.07, 6.45) is 4.72. The van der Waals surface area contributed by atoms with Crippen LogP contribution in [0, 0.1) is 0 Å². The third kappa shape index (κ3) is 4.04. The molecule has 0 radical (unpaired) electrons. The maximum absolute atomic E-state index is 12.1. The Bertz CT molecular complexity index is 521. The Kier molecular flexibility index (Phi) is 5.18. The molecule has 0 unspecified atom stereocenters. The van der Waals surface area contributed by atoms with E-state index in [1.165, 1.54) is 22.7 Å². The Labute approximate surface area is 122 Å². The zero-order chi connectivity index (χ0) is 14.6. The van der Waals surface area contributed by atoms with Gasteiger partial charge < -0.3 is 5.32 Å². The summed E-state index contributed by atoms with van der Waals surface area (Å²) < 4.78 is 25.6. The maximum Gasteiger partial charge on any atom is 0.242 e. The lowest BCUT2D eigenvalue weighted by atomic mass is 10.1. The van der Waals surface area contributed by atoms with Gasteiger partial charge in [0.1, 0.15) is 0 Å². The first kappa shape index (κ1) is 15.5. The summed E-state index contributed by atoms with van der Waals surface area (Å²) in [4.78, 5) is 0.377. The normalized spacial score (nSPS) is 15.8. The van der Waals surface area contributed by atoms with Crippen molar-refractivity contribution in [3.05, 3.63) is 29.8 Å². The third-order valence-corrected chi connectivity index (χ3v) is 5.68. The second kappa shape index (κ2) is 6.70. The van der Waals surface area contributed by atoms with E-state index in [9.17, 15) is 8.42 Å². The molecule has 1 aromatic rings. The molecule has 5 heteroatoms. The van der Waals surface area contributed by atoms with Crippen LogP contribution in [0.1, 0.15) is 31.7 Å². The van der Waals surface area contributed by atoms with Gasteiger partial charge >= 0.3 is 0 Å². The minimum absolute atomic E-state index is 0.377. The van der Waals surface area contributed by atoms with Crippen LogP contribution in [0.5, 0.6) is 0 Å². The van der Waals surface area contributed by atoms with E-state index in [2.05, 4.69) is 5.32 Å². The van der Waals surface area contributed by atoms with Gasteiger partial charge in [-0.15, -0.1) is 0 Å². The van der Waals surface area contributed by atoms with Crippen molar-refractivity contribution in [2.75, 3.05) is 20.1 Å². The van der Waals surface area contributed by atoms with Crippen LogP contribution in [0.4, 0.5) is 0 Å². The highest BCUT2D eigenvalue weighted by Gasteiger charge is 2.20. The Morgan fingerprint density at radius 2 is 1.90 bits per heavy atom. The number of hydrogen-bond acceptors (Lipinski definition) is 3. The molecule has 0 aromatic heterocycles. The van der Waals surface area contributed by atoms with E-state index in [1.54, 1.807) is 19.2 Å². The maximum atomic E-state index is 12.1. The van der Waals surface area contributed by atoms with Crippen LogP contribution in [0.15, 0.2) is 29.2 Å². The van der Waals surface area contributed by atoms with E-state index in [-0.39, 0.29) is 0 Å². The predicted molar refractivity (Wildman–Crippen MR) is 81.3 cm³/mol. The molecule has 0 spiro atoms. The fourth-order valence-corrected chi connectivity index (χ4v) is 3.24. The van der Waals surface area contributed by atoms with Crippen molar-refractivity contribution in [2.24, 2.45) is 0 Å². The minimum atomic E-state index is -3.31. The lowest BCUT2D eigenvalue weighted by molar-refractivity contribution is 0.486. The number of benzene rings is 1. The van der Waals surface area contributed by atoms with E-state index >= 15 is 0 Å². The lowest BCUT2D eigenvalue weighted by Crippen LogP contribution is -2.26.